The van der Waals surface area contributed by atoms with Crippen molar-refractivity contribution in [2.45, 2.75) is 13.3 Å². The molecule has 0 saturated carbocycles. The van der Waals surface area contributed by atoms with E-state index >= 15 is 0 Å². The highest BCUT2D eigenvalue weighted by Gasteiger charge is 2.15. The molecule has 0 saturated heterocycles. The van der Waals surface area contributed by atoms with Crippen molar-refractivity contribution in [2.75, 3.05) is 31.6 Å². The summed E-state index contributed by atoms with van der Waals surface area (Å²) in [4.78, 5) is 14.4. The van der Waals surface area contributed by atoms with Crippen molar-refractivity contribution in [3.05, 3.63) is 66.2 Å². The van der Waals surface area contributed by atoms with Gasteiger partial charge in [-0.3, -0.25) is 9.69 Å². The predicted molar refractivity (Wildman–Crippen MR) is 102 cm³/mol. The third kappa shape index (κ3) is 4.94. The molecule has 130 valence electrons. The maximum Gasteiger partial charge on any atom is 0.238 e. The van der Waals surface area contributed by atoms with Crippen LogP contribution in [0.1, 0.15) is 18.9 Å². The lowest BCUT2D eigenvalue weighted by atomic mass is 10.00. The van der Waals surface area contributed by atoms with Crippen LogP contribution in [-0.4, -0.2) is 37.0 Å². The Labute approximate surface area is 149 Å². The highest BCUT2D eigenvalue weighted by Crippen LogP contribution is 2.22. The van der Waals surface area contributed by atoms with E-state index in [9.17, 15) is 4.79 Å². The number of carbonyl (C=O) groups is 1. The maximum absolute atomic E-state index is 12.2. The molecule has 0 spiro atoms. The largest absolute Gasteiger partial charge is 0.494 e. The van der Waals surface area contributed by atoms with Gasteiger partial charge in [0.15, 0.2) is 0 Å². The van der Waals surface area contributed by atoms with E-state index in [4.69, 9.17) is 4.74 Å². The molecule has 2 aromatic rings. The first-order valence-electron chi connectivity index (χ1n) is 8.74. The minimum absolute atomic E-state index is 0.0146. The quantitative estimate of drug-likeness (QED) is 0.872. The van der Waals surface area contributed by atoms with Crippen LogP contribution >= 0.6 is 0 Å². The summed E-state index contributed by atoms with van der Waals surface area (Å²) in [7, 11) is 0. The average molecular weight is 336 g/mol. The number of nitrogens with one attached hydrogen (secondary N) is 1. The molecule has 1 aliphatic rings. The SMILES string of the molecule is CCOc1ccc(NC(=O)CN2CC=C(c3ccccc3)CC2)cc1. The molecule has 0 atom stereocenters. The summed E-state index contributed by atoms with van der Waals surface area (Å²) in [5.74, 6) is 0.829. The van der Waals surface area contributed by atoms with Crippen molar-refractivity contribution < 1.29 is 9.53 Å². The number of carbonyl (C=O) groups excluding carboxylic acids is 1. The topological polar surface area (TPSA) is 41.6 Å². The molecule has 3 rings (SSSR count). The summed E-state index contributed by atoms with van der Waals surface area (Å²) < 4.78 is 5.41. The van der Waals surface area contributed by atoms with Gasteiger partial charge in [0, 0.05) is 18.8 Å². The van der Waals surface area contributed by atoms with Crippen LogP contribution in [0.25, 0.3) is 5.57 Å². The lowest BCUT2D eigenvalue weighted by Gasteiger charge is -2.25. The van der Waals surface area contributed by atoms with Gasteiger partial charge in [0.05, 0.1) is 13.2 Å². The predicted octanol–water partition coefficient (Wildman–Crippen LogP) is 3.81. The fourth-order valence-electron chi connectivity index (χ4n) is 2.97. The summed E-state index contributed by atoms with van der Waals surface area (Å²) in [5, 5.41) is 2.94. The van der Waals surface area contributed by atoms with Gasteiger partial charge in [0.2, 0.25) is 5.91 Å². The van der Waals surface area contributed by atoms with Gasteiger partial charge < -0.3 is 10.1 Å². The molecule has 0 bridgehead atoms. The van der Waals surface area contributed by atoms with Gasteiger partial charge in [-0.05, 0) is 48.7 Å². The molecule has 2 aromatic carbocycles. The molecule has 0 radical (unpaired) electrons. The first kappa shape index (κ1) is 17.2. The zero-order chi connectivity index (χ0) is 17.5. The van der Waals surface area contributed by atoms with Crippen molar-refractivity contribution in [1.82, 2.24) is 4.90 Å². The van der Waals surface area contributed by atoms with Crippen LogP contribution in [-0.2, 0) is 4.79 Å². The summed E-state index contributed by atoms with van der Waals surface area (Å²) >= 11 is 0. The van der Waals surface area contributed by atoms with Gasteiger partial charge >= 0.3 is 0 Å². The molecular formula is C21H24N2O2. The number of hydrogen-bond acceptors (Lipinski definition) is 3. The van der Waals surface area contributed by atoms with Gasteiger partial charge in [-0.2, -0.15) is 0 Å². The van der Waals surface area contributed by atoms with Crippen LogP contribution in [0.3, 0.4) is 0 Å². The Bertz CT molecular complexity index is 723. The number of hydrogen-bond donors (Lipinski definition) is 1. The van der Waals surface area contributed by atoms with Gasteiger partial charge in [-0.1, -0.05) is 36.4 Å². The van der Waals surface area contributed by atoms with Crippen molar-refractivity contribution in [1.29, 1.82) is 0 Å². The molecule has 0 aliphatic carbocycles. The second kappa shape index (κ2) is 8.49. The van der Waals surface area contributed by atoms with Gasteiger partial charge in [-0.25, -0.2) is 0 Å². The zero-order valence-corrected chi connectivity index (χ0v) is 14.6. The molecule has 0 unspecified atom stereocenters. The van der Waals surface area contributed by atoms with Crippen LogP contribution in [0, 0.1) is 0 Å². The standard InChI is InChI=1S/C21H24N2O2/c1-2-25-20-10-8-19(9-11-20)22-21(24)16-23-14-12-18(13-15-23)17-6-4-3-5-7-17/h3-12H,2,13-16H2,1H3,(H,22,24). The fourth-order valence-corrected chi connectivity index (χ4v) is 2.97. The number of nitrogens with zero attached hydrogens (tertiary/aromatic N) is 1. The van der Waals surface area contributed by atoms with Gasteiger partial charge in [0.25, 0.3) is 0 Å². The summed E-state index contributed by atoms with van der Waals surface area (Å²) in [6.07, 6.45) is 3.20. The number of anilines is 1. The summed E-state index contributed by atoms with van der Waals surface area (Å²) in [6, 6.07) is 17.9. The third-order valence-electron chi connectivity index (χ3n) is 4.25. The summed E-state index contributed by atoms with van der Waals surface area (Å²) in [5.41, 5.74) is 3.44. The molecule has 25 heavy (non-hydrogen) atoms. The second-order valence-electron chi connectivity index (χ2n) is 6.09. The first-order chi connectivity index (χ1) is 12.2. The number of rotatable bonds is 6. The van der Waals surface area contributed by atoms with Crippen molar-refractivity contribution >= 4 is 17.2 Å². The lowest BCUT2D eigenvalue weighted by Crippen LogP contribution is -2.36. The third-order valence-corrected chi connectivity index (χ3v) is 4.25. The van der Waals surface area contributed by atoms with Crippen LogP contribution in [0.2, 0.25) is 0 Å². The molecule has 0 fully saturated rings. The van der Waals surface area contributed by atoms with E-state index in [1.165, 1.54) is 11.1 Å². The minimum Gasteiger partial charge on any atom is -0.494 e. The van der Waals surface area contributed by atoms with E-state index in [0.29, 0.717) is 13.2 Å². The van der Waals surface area contributed by atoms with E-state index in [-0.39, 0.29) is 5.91 Å². The Balaban J connectivity index is 1.50. The second-order valence-corrected chi connectivity index (χ2v) is 6.09. The highest BCUT2D eigenvalue weighted by molar-refractivity contribution is 5.92. The Hall–Kier alpha value is -2.59. The number of amides is 1. The monoisotopic (exact) mass is 336 g/mol. The first-order valence-corrected chi connectivity index (χ1v) is 8.74. The van der Waals surface area contributed by atoms with Crippen LogP contribution in [0.5, 0.6) is 5.75 Å². The van der Waals surface area contributed by atoms with E-state index in [0.717, 1.165) is 30.9 Å². The molecule has 1 aliphatic heterocycles. The van der Waals surface area contributed by atoms with E-state index in [1.807, 2.05) is 37.3 Å². The van der Waals surface area contributed by atoms with E-state index in [2.05, 4.69) is 40.6 Å². The zero-order valence-electron chi connectivity index (χ0n) is 14.6. The van der Waals surface area contributed by atoms with Gasteiger partial charge in [0.1, 0.15) is 5.75 Å². The van der Waals surface area contributed by atoms with Crippen LogP contribution in [0.15, 0.2) is 60.7 Å². The Morgan fingerprint density at radius 2 is 1.88 bits per heavy atom. The maximum atomic E-state index is 12.2. The van der Waals surface area contributed by atoms with Crippen molar-refractivity contribution in [3.8, 4) is 5.75 Å². The molecule has 1 amide bonds. The Morgan fingerprint density at radius 3 is 2.52 bits per heavy atom. The highest BCUT2D eigenvalue weighted by atomic mass is 16.5. The molecule has 4 heteroatoms. The molecule has 1 N–H and O–H groups in total. The molecule has 0 aromatic heterocycles. The normalized spacial score (nSPS) is 14.7. The van der Waals surface area contributed by atoms with Crippen LogP contribution in [0.4, 0.5) is 5.69 Å². The van der Waals surface area contributed by atoms with Crippen molar-refractivity contribution in [3.63, 3.8) is 0 Å². The smallest absolute Gasteiger partial charge is 0.238 e. The van der Waals surface area contributed by atoms with Crippen LogP contribution < -0.4 is 10.1 Å². The Kier molecular flexibility index (Phi) is 5.86. The fraction of sp³-hybridized carbons (Fsp3) is 0.286. The Morgan fingerprint density at radius 1 is 1.12 bits per heavy atom. The summed E-state index contributed by atoms with van der Waals surface area (Å²) in [6.45, 7) is 4.70. The van der Waals surface area contributed by atoms with Crippen molar-refractivity contribution in [2.24, 2.45) is 0 Å². The number of ether oxygens (including phenoxy) is 1. The number of benzene rings is 2. The van der Waals surface area contributed by atoms with E-state index < -0.39 is 0 Å². The molecule has 1 heterocycles. The van der Waals surface area contributed by atoms with Gasteiger partial charge in [-0.15, -0.1) is 0 Å². The molecular weight excluding hydrogens is 312 g/mol. The van der Waals surface area contributed by atoms with E-state index in [1.54, 1.807) is 0 Å². The minimum atomic E-state index is 0.0146. The lowest BCUT2D eigenvalue weighted by molar-refractivity contribution is -0.117. The average Bonchev–Trinajstić information content (AvgIpc) is 2.65. The molecule has 4 nitrogen and oxygen atoms in total.